The summed E-state index contributed by atoms with van der Waals surface area (Å²) in [6.45, 7) is 5.79. The molecule has 1 saturated heterocycles. The average Bonchev–Trinajstić information content (AvgIpc) is 3.07. The molecule has 0 amide bonds. The van der Waals surface area contributed by atoms with E-state index < -0.39 is 11.7 Å². The number of nitrogens with zero attached hydrogens (tertiary/aromatic N) is 5. The van der Waals surface area contributed by atoms with Crippen molar-refractivity contribution in [2.24, 2.45) is 0 Å². The normalized spacial score (nSPS) is 17.3. The number of hydrogen-bond acceptors (Lipinski definition) is 4. The smallest absolute Gasteiger partial charge is 0.299 e. The van der Waals surface area contributed by atoms with Crippen LogP contribution in [-0.2, 0) is 19.3 Å². The second kappa shape index (κ2) is 7.31. The lowest BCUT2D eigenvalue weighted by molar-refractivity contribution is -0.137. The van der Waals surface area contributed by atoms with E-state index >= 15 is 0 Å². The van der Waals surface area contributed by atoms with Crippen molar-refractivity contribution in [3.05, 3.63) is 48.0 Å². The summed E-state index contributed by atoms with van der Waals surface area (Å²) in [4.78, 5) is 8.45. The minimum atomic E-state index is -4.28. The lowest BCUT2D eigenvalue weighted by Crippen LogP contribution is -2.46. The molecule has 0 bridgehead atoms. The van der Waals surface area contributed by atoms with Crippen molar-refractivity contribution in [2.75, 3.05) is 32.7 Å². The fourth-order valence-electron chi connectivity index (χ4n) is 2.87. The van der Waals surface area contributed by atoms with Gasteiger partial charge in [-0.3, -0.25) is 14.5 Å². The zero-order valence-electron chi connectivity index (χ0n) is 13.3. The second-order valence-corrected chi connectivity index (χ2v) is 5.97. The van der Waals surface area contributed by atoms with Crippen molar-refractivity contribution in [3.63, 3.8) is 0 Å². The second-order valence-electron chi connectivity index (χ2n) is 5.97. The average molecular weight is 339 g/mol. The van der Waals surface area contributed by atoms with Crippen LogP contribution in [0.1, 0.15) is 11.1 Å². The lowest BCUT2D eigenvalue weighted by atomic mass is 10.1. The van der Waals surface area contributed by atoms with Crippen LogP contribution in [0.2, 0.25) is 0 Å². The minimum Gasteiger partial charge on any atom is -0.299 e. The van der Waals surface area contributed by atoms with Crippen LogP contribution >= 0.6 is 0 Å². The lowest BCUT2D eigenvalue weighted by Gasteiger charge is -2.34. The Hall–Kier alpha value is -1.93. The van der Waals surface area contributed by atoms with E-state index in [1.807, 2.05) is 0 Å². The molecule has 0 saturated carbocycles. The van der Waals surface area contributed by atoms with Crippen molar-refractivity contribution < 1.29 is 13.2 Å². The van der Waals surface area contributed by atoms with Crippen LogP contribution in [0.25, 0.3) is 0 Å². The Kier molecular flexibility index (Phi) is 5.15. The Morgan fingerprint density at radius 2 is 1.75 bits per heavy atom. The van der Waals surface area contributed by atoms with Crippen molar-refractivity contribution in [1.29, 1.82) is 0 Å². The summed E-state index contributed by atoms with van der Waals surface area (Å²) in [7, 11) is 0. The first-order valence-electron chi connectivity index (χ1n) is 7.94. The van der Waals surface area contributed by atoms with Gasteiger partial charge in [-0.05, 0) is 11.6 Å². The maximum absolute atomic E-state index is 12.8. The third-order valence-electron chi connectivity index (χ3n) is 4.24. The van der Waals surface area contributed by atoms with E-state index in [1.54, 1.807) is 17.1 Å². The van der Waals surface area contributed by atoms with Gasteiger partial charge in [0.05, 0.1) is 12.1 Å². The van der Waals surface area contributed by atoms with Gasteiger partial charge in [-0.25, -0.2) is 4.98 Å². The topological polar surface area (TPSA) is 37.2 Å². The van der Waals surface area contributed by atoms with Gasteiger partial charge >= 0.3 is 6.18 Å². The predicted octanol–water partition coefficient (Wildman–Crippen LogP) is 2.11. The van der Waals surface area contributed by atoms with Crippen molar-refractivity contribution in [2.45, 2.75) is 19.3 Å². The fraction of sp³-hybridized carbons (Fsp3) is 0.500. The molecule has 5 nitrogen and oxygen atoms in total. The standard InChI is InChI=1S/C16H20F3N5/c17-16(18,19)15-3-1-2-14(10-15)11-23-6-4-22(5-7-23)8-9-24-13-20-12-21-24/h1-3,10,12-13H,4-9,11H2. The third kappa shape index (κ3) is 4.55. The summed E-state index contributed by atoms with van der Waals surface area (Å²) in [5.74, 6) is 0. The minimum absolute atomic E-state index is 0.556. The molecule has 0 aliphatic carbocycles. The Morgan fingerprint density at radius 3 is 2.42 bits per heavy atom. The quantitative estimate of drug-likeness (QED) is 0.836. The molecule has 1 aromatic heterocycles. The van der Waals surface area contributed by atoms with Crippen molar-refractivity contribution in [1.82, 2.24) is 24.6 Å². The van der Waals surface area contributed by atoms with Crippen LogP contribution in [0.3, 0.4) is 0 Å². The maximum Gasteiger partial charge on any atom is 0.416 e. The zero-order chi connectivity index (χ0) is 17.0. The van der Waals surface area contributed by atoms with Crippen molar-refractivity contribution >= 4 is 0 Å². The molecule has 3 rings (SSSR count). The van der Waals surface area contributed by atoms with E-state index in [9.17, 15) is 13.2 Å². The zero-order valence-corrected chi connectivity index (χ0v) is 13.3. The molecule has 0 radical (unpaired) electrons. The van der Waals surface area contributed by atoms with Gasteiger partial charge in [0.15, 0.2) is 0 Å². The number of rotatable bonds is 5. The van der Waals surface area contributed by atoms with Gasteiger partial charge in [-0.15, -0.1) is 0 Å². The Labute approximate surface area is 138 Å². The first kappa shape index (κ1) is 16.9. The van der Waals surface area contributed by atoms with Gasteiger partial charge in [0.25, 0.3) is 0 Å². The van der Waals surface area contributed by atoms with Crippen LogP contribution in [0.4, 0.5) is 13.2 Å². The van der Waals surface area contributed by atoms with E-state index in [0.29, 0.717) is 12.1 Å². The first-order valence-corrected chi connectivity index (χ1v) is 7.94. The molecule has 1 aromatic carbocycles. The van der Waals surface area contributed by atoms with E-state index in [1.165, 1.54) is 18.5 Å². The first-order chi connectivity index (χ1) is 11.5. The van der Waals surface area contributed by atoms with Gasteiger partial charge in [0, 0.05) is 39.3 Å². The summed E-state index contributed by atoms with van der Waals surface area (Å²) in [5, 5.41) is 4.08. The Bertz CT molecular complexity index is 633. The molecule has 130 valence electrons. The monoisotopic (exact) mass is 339 g/mol. The number of aromatic nitrogens is 3. The van der Waals surface area contributed by atoms with Gasteiger partial charge in [0.1, 0.15) is 12.7 Å². The molecule has 1 fully saturated rings. The molecule has 0 N–H and O–H groups in total. The van der Waals surface area contributed by atoms with E-state index in [0.717, 1.165) is 45.3 Å². The molecule has 24 heavy (non-hydrogen) atoms. The fourth-order valence-corrected chi connectivity index (χ4v) is 2.87. The van der Waals surface area contributed by atoms with Crippen LogP contribution < -0.4 is 0 Å². The number of piperazine rings is 1. The number of alkyl halides is 3. The van der Waals surface area contributed by atoms with Crippen LogP contribution in [0.5, 0.6) is 0 Å². The van der Waals surface area contributed by atoms with Gasteiger partial charge in [-0.2, -0.15) is 18.3 Å². The number of halogens is 3. The van der Waals surface area contributed by atoms with Gasteiger partial charge in [0.2, 0.25) is 0 Å². The predicted molar refractivity (Wildman–Crippen MR) is 83.2 cm³/mol. The van der Waals surface area contributed by atoms with E-state index in [4.69, 9.17) is 0 Å². The molecule has 0 spiro atoms. The maximum atomic E-state index is 12.8. The molecule has 0 atom stereocenters. The van der Waals surface area contributed by atoms with Crippen LogP contribution in [0.15, 0.2) is 36.9 Å². The highest BCUT2D eigenvalue weighted by Crippen LogP contribution is 2.29. The highest BCUT2D eigenvalue weighted by Gasteiger charge is 2.30. The van der Waals surface area contributed by atoms with Crippen LogP contribution in [0, 0.1) is 0 Å². The highest BCUT2D eigenvalue weighted by atomic mass is 19.4. The van der Waals surface area contributed by atoms with Crippen LogP contribution in [-0.4, -0.2) is 57.3 Å². The molecule has 1 aliphatic rings. The molecular weight excluding hydrogens is 319 g/mol. The molecule has 8 heteroatoms. The van der Waals surface area contributed by atoms with E-state index in [2.05, 4.69) is 19.9 Å². The summed E-state index contributed by atoms with van der Waals surface area (Å²) in [6, 6.07) is 5.60. The Balaban J connectivity index is 1.47. The van der Waals surface area contributed by atoms with Gasteiger partial charge in [-0.1, -0.05) is 18.2 Å². The summed E-state index contributed by atoms with van der Waals surface area (Å²) in [6.07, 6.45) is -1.06. The molecule has 1 aliphatic heterocycles. The summed E-state index contributed by atoms with van der Waals surface area (Å²) in [5.41, 5.74) is 0.132. The molecule has 0 unspecified atom stereocenters. The largest absolute Gasteiger partial charge is 0.416 e. The Morgan fingerprint density at radius 1 is 1.00 bits per heavy atom. The highest BCUT2D eigenvalue weighted by molar-refractivity contribution is 5.25. The van der Waals surface area contributed by atoms with Crippen molar-refractivity contribution in [3.8, 4) is 0 Å². The summed E-state index contributed by atoms with van der Waals surface area (Å²) >= 11 is 0. The molecule has 2 aromatic rings. The molecular formula is C16H20F3N5. The third-order valence-corrected chi connectivity index (χ3v) is 4.24. The number of benzene rings is 1. The summed E-state index contributed by atoms with van der Waals surface area (Å²) < 4.78 is 40.1. The van der Waals surface area contributed by atoms with Gasteiger partial charge < -0.3 is 0 Å². The number of hydrogen-bond donors (Lipinski definition) is 0. The SMILES string of the molecule is FC(F)(F)c1cccc(CN2CCN(CCn3cncn3)CC2)c1. The molecule has 2 heterocycles. The van der Waals surface area contributed by atoms with E-state index in [-0.39, 0.29) is 0 Å².